The van der Waals surface area contributed by atoms with Crippen molar-refractivity contribution in [2.45, 2.75) is 6.10 Å². The number of halogens is 1. The summed E-state index contributed by atoms with van der Waals surface area (Å²) in [6.45, 7) is 0. The molecule has 0 bridgehead atoms. The summed E-state index contributed by atoms with van der Waals surface area (Å²) in [4.78, 5) is 3.98. The number of rotatable bonds is 2. The van der Waals surface area contributed by atoms with Crippen molar-refractivity contribution in [1.82, 2.24) is 14.6 Å². The minimum Gasteiger partial charge on any atom is -0.383 e. The zero-order valence-electron chi connectivity index (χ0n) is 9.36. The summed E-state index contributed by atoms with van der Waals surface area (Å²) in [6.07, 6.45) is 5.33. The lowest BCUT2D eigenvalue weighted by molar-refractivity contribution is 0.216. The molecule has 90 valence electrons. The number of aromatic nitrogens is 3. The molecule has 0 fully saturated rings. The molecule has 18 heavy (non-hydrogen) atoms. The van der Waals surface area contributed by atoms with Crippen LogP contribution >= 0.6 is 0 Å². The molecular weight excluding hydrogens is 233 g/mol. The summed E-state index contributed by atoms with van der Waals surface area (Å²) in [6, 6.07) is 6.15. The van der Waals surface area contributed by atoms with Gasteiger partial charge in [0.2, 0.25) is 0 Å². The number of benzene rings is 1. The highest BCUT2D eigenvalue weighted by Crippen LogP contribution is 2.26. The van der Waals surface area contributed by atoms with Crippen LogP contribution in [0.2, 0.25) is 0 Å². The highest BCUT2D eigenvalue weighted by atomic mass is 19.1. The molecule has 0 saturated carbocycles. The Hall–Kier alpha value is -2.27. The van der Waals surface area contributed by atoms with Crippen molar-refractivity contribution in [2.24, 2.45) is 0 Å². The largest absolute Gasteiger partial charge is 0.383 e. The molecule has 1 unspecified atom stereocenters. The van der Waals surface area contributed by atoms with Crippen LogP contribution in [-0.4, -0.2) is 19.7 Å². The van der Waals surface area contributed by atoms with Gasteiger partial charge in [0.1, 0.15) is 11.9 Å². The smallest absolute Gasteiger partial charge is 0.129 e. The fourth-order valence-corrected chi connectivity index (χ4v) is 1.93. The maximum atomic E-state index is 13.6. The molecule has 1 N–H and O–H groups in total. The Balaban J connectivity index is 2.13. The van der Waals surface area contributed by atoms with Crippen LogP contribution in [0.3, 0.4) is 0 Å². The van der Waals surface area contributed by atoms with Gasteiger partial charge in [-0.3, -0.25) is 4.98 Å². The van der Waals surface area contributed by atoms with Gasteiger partial charge in [-0.2, -0.15) is 5.10 Å². The first kappa shape index (κ1) is 10.9. The molecule has 0 spiro atoms. The molecule has 0 aliphatic heterocycles. The third-order valence-electron chi connectivity index (χ3n) is 2.85. The first-order chi connectivity index (χ1) is 8.77. The van der Waals surface area contributed by atoms with Crippen LogP contribution < -0.4 is 0 Å². The van der Waals surface area contributed by atoms with E-state index in [9.17, 15) is 9.50 Å². The van der Waals surface area contributed by atoms with Crippen molar-refractivity contribution in [3.8, 4) is 0 Å². The Kier molecular flexibility index (Phi) is 2.53. The Labute approximate surface area is 102 Å². The van der Waals surface area contributed by atoms with Gasteiger partial charge < -0.3 is 5.11 Å². The first-order valence-electron chi connectivity index (χ1n) is 5.47. The number of fused-ring (bicyclic) bond motifs is 1. The fraction of sp³-hybridized carbons (Fsp3) is 0.0769. The fourth-order valence-electron chi connectivity index (χ4n) is 1.93. The molecule has 3 rings (SSSR count). The van der Waals surface area contributed by atoms with Crippen molar-refractivity contribution in [3.63, 3.8) is 0 Å². The van der Waals surface area contributed by atoms with Crippen LogP contribution in [0.1, 0.15) is 17.2 Å². The van der Waals surface area contributed by atoms with E-state index in [0.717, 1.165) is 0 Å². The molecule has 0 aliphatic rings. The van der Waals surface area contributed by atoms with E-state index in [4.69, 9.17) is 0 Å². The summed E-state index contributed by atoms with van der Waals surface area (Å²) in [5, 5.41) is 14.3. The molecular formula is C13H10FN3O. The van der Waals surface area contributed by atoms with Gasteiger partial charge in [0, 0.05) is 23.5 Å². The van der Waals surface area contributed by atoms with E-state index in [2.05, 4.69) is 10.1 Å². The van der Waals surface area contributed by atoms with Gasteiger partial charge in [-0.15, -0.1) is 0 Å². The lowest BCUT2D eigenvalue weighted by Gasteiger charge is -2.10. The van der Waals surface area contributed by atoms with Crippen LogP contribution in [-0.2, 0) is 0 Å². The van der Waals surface area contributed by atoms with Gasteiger partial charge in [0.15, 0.2) is 0 Å². The molecule has 2 aromatic heterocycles. The second-order valence-electron chi connectivity index (χ2n) is 3.93. The molecule has 0 aliphatic carbocycles. The normalized spacial score (nSPS) is 12.8. The highest BCUT2D eigenvalue weighted by molar-refractivity contribution is 5.54. The molecule has 1 aromatic carbocycles. The minimum absolute atomic E-state index is 0.233. The Morgan fingerprint density at radius 2 is 2.00 bits per heavy atom. The van der Waals surface area contributed by atoms with E-state index < -0.39 is 11.9 Å². The van der Waals surface area contributed by atoms with Gasteiger partial charge >= 0.3 is 0 Å². The molecule has 1 atom stereocenters. The van der Waals surface area contributed by atoms with E-state index in [0.29, 0.717) is 11.1 Å². The van der Waals surface area contributed by atoms with Crippen molar-refractivity contribution >= 4 is 5.52 Å². The summed E-state index contributed by atoms with van der Waals surface area (Å²) < 4.78 is 15.2. The number of hydrogen-bond acceptors (Lipinski definition) is 3. The molecule has 0 amide bonds. The van der Waals surface area contributed by atoms with E-state index >= 15 is 0 Å². The topological polar surface area (TPSA) is 50.4 Å². The van der Waals surface area contributed by atoms with Crippen molar-refractivity contribution < 1.29 is 9.50 Å². The van der Waals surface area contributed by atoms with Crippen LogP contribution in [0.15, 0.2) is 49.1 Å². The van der Waals surface area contributed by atoms with E-state index in [-0.39, 0.29) is 5.56 Å². The predicted molar refractivity (Wildman–Crippen MR) is 63.4 cm³/mol. The first-order valence-corrected chi connectivity index (χ1v) is 5.47. The predicted octanol–water partition coefficient (Wildman–Crippen LogP) is 1.95. The molecule has 2 heterocycles. The van der Waals surface area contributed by atoms with E-state index in [1.807, 2.05) is 0 Å². The zero-order chi connectivity index (χ0) is 12.5. The Morgan fingerprint density at radius 3 is 2.83 bits per heavy atom. The summed E-state index contributed by atoms with van der Waals surface area (Å²) in [5.74, 6) is -0.437. The van der Waals surface area contributed by atoms with Gasteiger partial charge in [0.05, 0.1) is 17.9 Å². The summed E-state index contributed by atoms with van der Waals surface area (Å²) in [7, 11) is 0. The SMILES string of the molecule is OC(c1ccccc1F)c1cnn2ccncc12. The molecule has 0 saturated heterocycles. The third kappa shape index (κ3) is 1.65. The van der Waals surface area contributed by atoms with Crippen molar-refractivity contribution in [2.75, 3.05) is 0 Å². The second kappa shape index (κ2) is 4.19. The van der Waals surface area contributed by atoms with Crippen LogP contribution in [0.5, 0.6) is 0 Å². The van der Waals surface area contributed by atoms with Crippen molar-refractivity contribution in [1.29, 1.82) is 0 Å². The molecule has 0 radical (unpaired) electrons. The molecule has 4 nitrogen and oxygen atoms in total. The number of nitrogens with zero attached hydrogens (tertiary/aromatic N) is 3. The highest BCUT2D eigenvalue weighted by Gasteiger charge is 2.18. The summed E-state index contributed by atoms with van der Waals surface area (Å²) in [5.41, 5.74) is 1.43. The minimum atomic E-state index is -1.05. The van der Waals surface area contributed by atoms with Gasteiger partial charge in [0.25, 0.3) is 0 Å². The standard InChI is InChI=1S/C13H10FN3O/c14-11-4-2-1-3-9(11)13(18)10-7-16-17-6-5-15-8-12(10)17/h1-8,13,18H. The summed E-state index contributed by atoms with van der Waals surface area (Å²) >= 11 is 0. The lowest BCUT2D eigenvalue weighted by Crippen LogP contribution is -2.02. The monoisotopic (exact) mass is 243 g/mol. The quantitative estimate of drug-likeness (QED) is 0.748. The zero-order valence-corrected chi connectivity index (χ0v) is 9.36. The number of hydrogen-bond donors (Lipinski definition) is 1. The third-order valence-corrected chi connectivity index (χ3v) is 2.85. The van der Waals surface area contributed by atoms with Crippen LogP contribution in [0.4, 0.5) is 4.39 Å². The van der Waals surface area contributed by atoms with Crippen LogP contribution in [0.25, 0.3) is 5.52 Å². The second-order valence-corrected chi connectivity index (χ2v) is 3.93. The van der Waals surface area contributed by atoms with Gasteiger partial charge in [-0.25, -0.2) is 8.91 Å². The van der Waals surface area contributed by atoms with Crippen molar-refractivity contribution in [3.05, 3.63) is 66.0 Å². The maximum Gasteiger partial charge on any atom is 0.129 e. The molecule has 3 aromatic rings. The van der Waals surface area contributed by atoms with E-state index in [1.165, 1.54) is 12.3 Å². The lowest BCUT2D eigenvalue weighted by atomic mass is 10.0. The Bertz CT molecular complexity index is 695. The van der Waals surface area contributed by atoms with Gasteiger partial charge in [-0.1, -0.05) is 18.2 Å². The van der Waals surface area contributed by atoms with E-state index in [1.54, 1.807) is 41.3 Å². The average molecular weight is 243 g/mol. The van der Waals surface area contributed by atoms with Crippen LogP contribution in [0, 0.1) is 5.82 Å². The Morgan fingerprint density at radius 1 is 1.17 bits per heavy atom. The average Bonchev–Trinajstić information content (AvgIpc) is 2.82. The van der Waals surface area contributed by atoms with Gasteiger partial charge in [-0.05, 0) is 6.07 Å². The maximum absolute atomic E-state index is 13.6. The molecule has 5 heteroatoms. The number of aliphatic hydroxyl groups excluding tert-OH is 1. The number of aliphatic hydroxyl groups is 1.